The van der Waals surface area contributed by atoms with Crippen LogP contribution in [0.4, 0.5) is 0 Å². The van der Waals surface area contributed by atoms with E-state index in [9.17, 15) is 14.7 Å². The van der Waals surface area contributed by atoms with Crippen LogP contribution in [0.2, 0.25) is 0 Å². The molecule has 4 atom stereocenters. The molecule has 3 heterocycles. The molecule has 3 aliphatic rings. The quantitative estimate of drug-likeness (QED) is 0.789. The molecule has 100 valence electrons. The molecule has 0 spiro atoms. The number of carbonyl (C=O) groups is 2. The van der Waals surface area contributed by atoms with Gasteiger partial charge in [-0.25, -0.2) is 0 Å². The minimum Gasteiger partial charge on any atom is -0.481 e. The van der Waals surface area contributed by atoms with E-state index in [-0.39, 0.29) is 18.1 Å². The summed E-state index contributed by atoms with van der Waals surface area (Å²) in [6.45, 7) is 1.48. The van der Waals surface area contributed by atoms with E-state index in [0.717, 1.165) is 37.4 Å². The SMILES string of the molecule is O=C(O)C1C(C(=O)N2CCSCC2)[C@@H]2CC[C@H]1O2. The highest BCUT2D eigenvalue weighted by Gasteiger charge is 2.56. The van der Waals surface area contributed by atoms with Gasteiger partial charge in [0.2, 0.25) is 5.91 Å². The Kier molecular flexibility index (Phi) is 3.23. The summed E-state index contributed by atoms with van der Waals surface area (Å²) < 4.78 is 5.64. The Labute approximate surface area is 110 Å². The Balaban J connectivity index is 1.77. The van der Waals surface area contributed by atoms with Gasteiger partial charge in [0.15, 0.2) is 0 Å². The minimum absolute atomic E-state index is 0.00472. The zero-order chi connectivity index (χ0) is 12.7. The molecule has 6 heteroatoms. The zero-order valence-electron chi connectivity index (χ0n) is 10.1. The highest BCUT2D eigenvalue weighted by atomic mass is 32.2. The molecular formula is C12H17NO4S. The molecule has 0 radical (unpaired) electrons. The highest BCUT2D eigenvalue weighted by molar-refractivity contribution is 7.99. The van der Waals surface area contributed by atoms with Gasteiger partial charge in [0.25, 0.3) is 0 Å². The average Bonchev–Trinajstić information content (AvgIpc) is 2.99. The largest absolute Gasteiger partial charge is 0.481 e. The van der Waals surface area contributed by atoms with Crippen molar-refractivity contribution >= 4 is 23.6 Å². The lowest BCUT2D eigenvalue weighted by Crippen LogP contribution is -2.48. The van der Waals surface area contributed by atoms with Crippen molar-refractivity contribution < 1.29 is 19.4 Å². The summed E-state index contributed by atoms with van der Waals surface area (Å²) >= 11 is 1.84. The molecule has 2 bridgehead atoms. The van der Waals surface area contributed by atoms with Crippen LogP contribution in [0.3, 0.4) is 0 Å². The summed E-state index contributed by atoms with van der Waals surface area (Å²) in [5.41, 5.74) is 0. The molecule has 3 rings (SSSR count). The number of nitrogens with zero attached hydrogens (tertiary/aromatic N) is 1. The van der Waals surface area contributed by atoms with Crippen LogP contribution in [0.15, 0.2) is 0 Å². The third-order valence-electron chi connectivity index (χ3n) is 4.17. The van der Waals surface area contributed by atoms with Gasteiger partial charge in [-0.3, -0.25) is 9.59 Å². The molecule has 3 fully saturated rings. The lowest BCUT2D eigenvalue weighted by atomic mass is 9.78. The summed E-state index contributed by atoms with van der Waals surface area (Å²) in [5.74, 6) is -0.0759. The van der Waals surface area contributed by atoms with E-state index in [1.165, 1.54) is 0 Å². The van der Waals surface area contributed by atoms with Gasteiger partial charge < -0.3 is 14.7 Å². The molecule has 3 aliphatic heterocycles. The Bertz CT molecular complexity index is 369. The fourth-order valence-electron chi connectivity index (χ4n) is 3.30. The number of hydrogen-bond acceptors (Lipinski definition) is 4. The number of hydrogen-bond donors (Lipinski definition) is 1. The van der Waals surface area contributed by atoms with Crippen LogP contribution in [0.25, 0.3) is 0 Å². The predicted molar refractivity (Wildman–Crippen MR) is 66.4 cm³/mol. The first-order valence-corrected chi connectivity index (χ1v) is 7.59. The molecule has 3 saturated heterocycles. The Morgan fingerprint density at radius 2 is 1.72 bits per heavy atom. The van der Waals surface area contributed by atoms with Crippen molar-refractivity contribution in [2.24, 2.45) is 11.8 Å². The van der Waals surface area contributed by atoms with Gasteiger partial charge in [0, 0.05) is 24.6 Å². The normalized spacial score (nSPS) is 39.0. The molecule has 1 amide bonds. The first-order valence-electron chi connectivity index (χ1n) is 6.43. The number of rotatable bonds is 2. The van der Waals surface area contributed by atoms with E-state index >= 15 is 0 Å². The molecule has 0 aromatic carbocycles. The average molecular weight is 271 g/mol. The highest BCUT2D eigenvalue weighted by Crippen LogP contribution is 2.44. The van der Waals surface area contributed by atoms with Crippen LogP contribution < -0.4 is 0 Å². The van der Waals surface area contributed by atoms with Crippen LogP contribution in [-0.4, -0.2) is 58.7 Å². The van der Waals surface area contributed by atoms with Gasteiger partial charge in [-0.05, 0) is 12.8 Å². The lowest BCUT2D eigenvalue weighted by Gasteiger charge is -2.32. The molecule has 0 saturated carbocycles. The molecule has 0 aromatic heterocycles. The van der Waals surface area contributed by atoms with Gasteiger partial charge in [-0.2, -0.15) is 11.8 Å². The molecule has 0 aromatic rings. The number of ether oxygens (including phenoxy) is 1. The summed E-state index contributed by atoms with van der Waals surface area (Å²) in [6, 6.07) is 0. The molecule has 2 unspecified atom stereocenters. The van der Waals surface area contributed by atoms with Crippen molar-refractivity contribution in [1.82, 2.24) is 4.90 Å². The van der Waals surface area contributed by atoms with Gasteiger partial charge in [0.1, 0.15) is 0 Å². The van der Waals surface area contributed by atoms with Crippen LogP contribution in [0, 0.1) is 11.8 Å². The van der Waals surface area contributed by atoms with Gasteiger partial charge in [0.05, 0.1) is 24.0 Å². The van der Waals surface area contributed by atoms with Gasteiger partial charge in [-0.1, -0.05) is 0 Å². The smallest absolute Gasteiger partial charge is 0.310 e. The predicted octanol–water partition coefficient (Wildman–Crippen LogP) is 0.440. The second-order valence-corrected chi connectivity index (χ2v) is 6.34. The molecule has 18 heavy (non-hydrogen) atoms. The number of carbonyl (C=O) groups excluding carboxylic acids is 1. The monoisotopic (exact) mass is 271 g/mol. The van der Waals surface area contributed by atoms with Crippen LogP contribution >= 0.6 is 11.8 Å². The van der Waals surface area contributed by atoms with Crippen molar-refractivity contribution in [2.45, 2.75) is 25.0 Å². The first kappa shape index (κ1) is 12.3. The number of thioether (sulfide) groups is 1. The maximum absolute atomic E-state index is 12.5. The van der Waals surface area contributed by atoms with E-state index in [2.05, 4.69) is 0 Å². The molecular weight excluding hydrogens is 254 g/mol. The number of amides is 1. The standard InChI is InChI=1S/C12H17NO4S/c14-11(13-3-5-18-6-4-13)9-7-1-2-8(17-7)10(9)12(15)16/h7-10H,1-6H2,(H,15,16)/t7-,8+,9?,10?/m0/s1. The van der Waals surface area contributed by atoms with E-state index in [0.29, 0.717) is 0 Å². The second kappa shape index (κ2) is 4.74. The van der Waals surface area contributed by atoms with E-state index < -0.39 is 17.8 Å². The van der Waals surface area contributed by atoms with Crippen molar-refractivity contribution in [1.29, 1.82) is 0 Å². The summed E-state index contributed by atoms with van der Waals surface area (Å²) in [6.07, 6.45) is 1.19. The van der Waals surface area contributed by atoms with Crippen LogP contribution in [0.1, 0.15) is 12.8 Å². The zero-order valence-corrected chi connectivity index (χ0v) is 10.9. The summed E-state index contributed by atoms with van der Waals surface area (Å²) in [5, 5.41) is 9.30. The van der Waals surface area contributed by atoms with Crippen LogP contribution in [0.5, 0.6) is 0 Å². The summed E-state index contributed by atoms with van der Waals surface area (Å²) in [4.78, 5) is 25.6. The van der Waals surface area contributed by atoms with E-state index in [1.54, 1.807) is 0 Å². The first-order chi connectivity index (χ1) is 8.68. The number of fused-ring (bicyclic) bond motifs is 2. The Morgan fingerprint density at radius 1 is 1.11 bits per heavy atom. The maximum Gasteiger partial charge on any atom is 0.310 e. The van der Waals surface area contributed by atoms with Crippen molar-refractivity contribution in [3.05, 3.63) is 0 Å². The van der Waals surface area contributed by atoms with Gasteiger partial charge in [-0.15, -0.1) is 0 Å². The molecule has 0 aliphatic carbocycles. The van der Waals surface area contributed by atoms with Crippen molar-refractivity contribution in [2.75, 3.05) is 24.6 Å². The topological polar surface area (TPSA) is 66.8 Å². The third-order valence-corrected chi connectivity index (χ3v) is 5.11. The lowest BCUT2D eigenvalue weighted by molar-refractivity contribution is -0.150. The minimum atomic E-state index is -0.882. The Hall–Kier alpha value is -0.750. The number of aliphatic carboxylic acids is 1. The van der Waals surface area contributed by atoms with Gasteiger partial charge >= 0.3 is 5.97 Å². The third kappa shape index (κ3) is 1.91. The second-order valence-electron chi connectivity index (χ2n) is 5.12. The Morgan fingerprint density at radius 3 is 2.33 bits per heavy atom. The molecule has 1 N–H and O–H groups in total. The fourth-order valence-corrected chi connectivity index (χ4v) is 4.20. The summed E-state index contributed by atoms with van der Waals surface area (Å²) in [7, 11) is 0. The van der Waals surface area contributed by atoms with Crippen molar-refractivity contribution in [3.63, 3.8) is 0 Å². The number of carboxylic acid groups (broad SMARTS) is 1. The molecule has 5 nitrogen and oxygen atoms in total. The van der Waals surface area contributed by atoms with Crippen LogP contribution in [-0.2, 0) is 14.3 Å². The van der Waals surface area contributed by atoms with Crippen molar-refractivity contribution in [3.8, 4) is 0 Å². The fraction of sp³-hybridized carbons (Fsp3) is 0.833. The van der Waals surface area contributed by atoms with E-state index in [4.69, 9.17) is 4.74 Å². The number of carboxylic acids is 1. The van der Waals surface area contributed by atoms with E-state index in [1.807, 2.05) is 16.7 Å². The maximum atomic E-state index is 12.5.